The van der Waals surface area contributed by atoms with E-state index in [1.54, 1.807) is 0 Å². The maximum Gasteiger partial charge on any atom is 0.0949 e. The molecule has 94 valence electrons. The van der Waals surface area contributed by atoms with Crippen molar-refractivity contribution in [3.05, 3.63) is 35.4 Å². The van der Waals surface area contributed by atoms with Crippen LogP contribution in [0.1, 0.15) is 44.4 Å². The molecule has 1 fully saturated rings. The molecule has 1 atom stereocenters. The summed E-state index contributed by atoms with van der Waals surface area (Å²) >= 11 is 0. The Hall–Kier alpha value is -0.860. The van der Waals surface area contributed by atoms with Crippen LogP contribution in [-0.2, 0) is 10.2 Å². The van der Waals surface area contributed by atoms with Crippen LogP contribution in [0.15, 0.2) is 24.3 Å². The van der Waals surface area contributed by atoms with E-state index in [2.05, 4.69) is 50.4 Å². The van der Waals surface area contributed by atoms with Gasteiger partial charge in [0.05, 0.1) is 12.7 Å². The van der Waals surface area contributed by atoms with Crippen molar-refractivity contribution in [1.82, 2.24) is 5.32 Å². The molecule has 0 bridgehead atoms. The Morgan fingerprint density at radius 2 is 2.00 bits per heavy atom. The van der Waals surface area contributed by atoms with Crippen LogP contribution in [0, 0.1) is 0 Å². The summed E-state index contributed by atoms with van der Waals surface area (Å²) in [4.78, 5) is 0. The Labute approximate surface area is 104 Å². The van der Waals surface area contributed by atoms with Gasteiger partial charge in [-0.2, -0.15) is 0 Å². The second-order valence-corrected chi connectivity index (χ2v) is 5.42. The van der Waals surface area contributed by atoms with Crippen LogP contribution in [0.2, 0.25) is 0 Å². The molecule has 0 saturated carbocycles. The van der Waals surface area contributed by atoms with Gasteiger partial charge in [0.25, 0.3) is 0 Å². The van der Waals surface area contributed by atoms with Crippen LogP contribution >= 0.6 is 0 Å². The molecular formula is C15H23NO. The molecule has 0 aliphatic carbocycles. The lowest BCUT2D eigenvalue weighted by Gasteiger charge is -2.26. The van der Waals surface area contributed by atoms with Crippen molar-refractivity contribution in [3.63, 3.8) is 0 Å². The van der Waals surface area contributed by atoms with E-state index in [-0.39, 0.29) is 11.5 Å². The second kappa shape index (κ2) is 5.19. The summed E-state index contributed by atoms with van der Waals surface area (Å²) in [6, 6.07) is 8.92. The fourth-order valence-electron chi connectivity index (χ4n) is 2.13. The predicted octanol–water partition coefficient (Wildman–Crippen LogP) is 3.04. The van der Waals surface area contributed by atoms with Gasteiger partial charge in [-0.15, -0.1) is 0 Å². The number of morpholine rings is 1. The lowest BCUT2D eigenvalue weighted by molar-refractivity contribution is 0.0277. The van der Waals surface area contributed by atoms with Gasteiger partial charge < -0.3 is 10.1 Å². The molecule has 0 amide bonds. The lowest BCUT2D eigenvalue weighted by atomic mass is 9.82. The first-order valence-corrected chi connectivity index (χ1v) is 6.56. The molecule has 1 unspecified atom stereocenters. The van der Waals surface area contributed by atoms with E-state index in [1.165, 1.54) is 11.1 Å². The summed E-state index contributed by atoms with van der Waals surface area (Å²) in [6.07, 6.45) is 1.39. The van der Waals surface area contributed by atoms with Crippen molar-refractivity contribution in [2.24, 2.45) is 0 Å². The Morgan fingerprint density at radius 3 is 2.53 bits per heavy atom. The molecule has 0 radical (unpaired) electrons. The normalized spacial score (nSPS) is 21.5. The van der Waals surface area contributed by atoms with E-state index in [9.17, 15) is 0 Å². The number of ether oxygens (including phenoxy) is 1. The first-order chi connectivity index (χ1) is 8.13. The molecule has 2 heteroatoms. The first kappa shape index (κ1) is 12.6. The van der Waals surface area contributed by atoms with Crippen molar-refractivity contribution in [2.45, 2.75) is 38.7 Å². The van der Waals surface area contributed by atoms with E-state index in [1.807, 2.05) is 0 Å². The molecule has 0 aromatic heterocycles. The summed E-state index contributed by atoms with van der Waals surface area (Å²) in [7, 11) is 0. The summed E-state index contributed by atoms with van der Waals surface area (Å²) in [5.74, 6) is 0. The maximum atomic E-state index is 5.75. The summed E-state index contributed by atoms with van der Waals surface area (Å²) in [6.45, 7) is 9.53. The molecule has 1 aromatic rings. The minimum atomic E-state index is 0.225. The quantitative estimate of drug-likeness (QED) is 0.866. The van der Waals surface area contributed by atoms with E-state index in [0.29, 0.717) is 0 Å². The van der Waals surface area contributed by atoms with Crippen molar-refractivity contribution in [2.75, 3.05) is 19.7 Å². The average molecular weight is 233 g/mol. The Balaban J connectivity index is 2.12. The van der Waals surface area contributed by atoms with Gasteiger partial charge in [0, 0.05) is 13.1 Å². The van der Waals surface area contributed by atoms with E-state index in [4.69, 9.17) is 4.74 Å². The molecule has 1 saturated heterocycles. The summed E-state index contributed by atoms with van der Waals surface area (Å²) in [5, 5.41) is 3.36. The van der Waals surface area contributed by atoms with Crippen molar-refractivity contribution < 1.29 is 4.74 Å². The first-order valence-electron chi connectivity index (χ1n) is 6.56. The third kappa shape index (κ3) is 2.88. The Bertz CT molecular complexity index is 350. The molecule has 1 aliphatic rings. The van der Waals surface area contributed by atoms with Crippen LogP contribution in [0.4, 0.5) is 0 Å². The van der Waals surface area contributed by atoms with Gasteiger partial charge in [-0.05, 0) is 23.0 Å². The largest absolute Gasteiger partial charge is 0.371 e. The van der Waals surface area contributed by atoms with Crippen LogP contribution in [-0.4, -0.2) is 19.7 Å². The highest BCUT2D eigenvalue weighted by molar-refractivity contribution is 5.29. The SMILES string of the molecule is CCC(C)(C)c1ccc(C2CNCCO2)cc1. The molecule has 1 heterocycles. The lowest BCUT2D eigenvalue weighted by Crippen LogP contribution is -2.33. The van der Waals surface area contributed by atoms with E-state index < -0.39 is 0 Å². The van der Waals surface area contributed by atoms with Gasteiger partial charge in [0.2, 0.25) is 0 Å². The van der Waals surface area contributed by atoms with Crippen LogP contribution in [0.3, 0.4) is 0 Å². The average Bonchev–Trinajstić information content (AvgIpc) is 2.40. The molecule has 2 nitrogen and oxygen atoms in total. The van der Waals surface area contributed by atoms with Crippen molar-refractivity contribution >= 4 is 0 Å². The van der Waals surface area contributed by atoms with Crippen LogP contribution in [0.25, 0.3) is 0 Å². The molecule has 1 aliphatic heterocycles. The van der Waals surface area contributed by atoms with Crippen LogP contribution < -0.4 is 5.32 Å². The summed E-state index contributed by atoms with van der Waals surface area (Å²) < 4.78 is 5.75. The fraction of sp³-hybridized carbons (Fsp3) is 0.600. The van der Waals surface area contributed by atoms with E-state index in [0.717, 1.165) is 26.1 Å². The Kier molecular flexibility index (Phi) is 3.85. The highest BCUT2D eigenvalue weighted by Gasteiger charge is 2.19. The molecule has 17 heavy (non-hydrogen) atoms. The van der Waals surface area contributed by atoms with Gasteiger partial charge >= 0.3 is 0 Å². The number of benzene rings is 1. The van der Waals surface area contributed by atoms with Gasteiger partial charge in [-0.1, -0.05) is 45.0 Å². The zero-order valence-electron chi connectivity index (χ0n) is 11.1. The van der Waals surface area contributed by atoms with Gasteiger partial charge in [-0.3, -0.25) is 0 Å². The molecule has 1 N–H and O–H groups in total. The van der Waals surface area contributed by atoms with E-state index >= 15 is 0 Å². The smallest absolute Gasteiger partial charge is 0.0949 e. The molecule has 2 rings (SSSR count). The maximum absolute atomic E-state index is 5.75. The number of rotatable bonds is 3. The standard InChI is InChI=1S/C15H23NO/c1-4-15(2,3)13-7-5-12(6-8-13)14-11-16-9-10-17-14/h5-8,14,16H,4,9-11H2,1-3H3. The zero-order chi connectivity index (χ0) is 12.3. The predicted molar refractivity (Wildman–Crippen MR) is 71.3 cm³/mol. The van der Waals surface area contributed by atoms with Crippen molar-refractivity contribution in [1.29, 1.82) is 0 Å². The molecule has 1 aromatic carbocycles. The minimum Gasteiger partial charge on any atom is -0.371 e. The molecular weight excluding hydrogens is 210 g/mol. The highest BCUT2D eigenvalue weighted by Crippen LogP contribution is 2.28. The van der Waals surface area contributed by atoms with Gasteiger partial charge in [-0.25, -0.2) is 0 Å². The topological polar surface area (TPSA) is 21.3 Å². The van der Waals surface area contributed by atoms with Gasteiger partial charge in [0.15, 0.2) is 0 Å². The third-order valence-electron chi connectivity index (χ3n) is 3.88. The summed E-state index contributed by atoms with van der Waals surface area (Å²) in [5.41, 5.74) is 2.96. The Morgan fingerprint density at radius 1 is 1.29 bits per heavy atom. The monoisotopic (exact) mass is 233 g/mol. The van der Waals surface area contributed by atoms with Crippen molar-refractivity contribution in [3.8, 4) is 0 Å². The third-order valence-corrected chi connectivity index (χ3v) is 3.88. The highest BCUT2D eigenvalue weighted by atomic mass is 16.5. The second-order valence-electron chi connectivity index (χ2n) is 5.42. The number of hydrogen-bond donors (Lipinski definition) is 1. The van der Waals surface area contributed by atoms with Gasteiger partial charge in [0.1, 0.15) is 0 Å². The van der Waals surface area contributed by atoms with Crippen LogP contribution in [0.5, 0.6) is 0 Å². The zero-order valence-corrected chi connectivity index (χ0v) is 11.1. The number of hydrogen-bond acceptors (Lipinski definition) is 2. The molecule has 0 spiro atoms. The number of nitrogens with one attached hydrogen (secondary N) is 1. The fourth-order valence-corrected chi connectivity index (χ4v) is 2.13. The minimum absolute atomic E-state index is 0.225.